The van der Waals surface area contributed by atoms with Gasteiger partial charge in [0.1, 0.15) is 0 Å². The van der Waals surface area contributed by atoms with Crippen LogP contribution in [0.5, 0.6) is 0 Å². The standard InChI is InChI=1S/C51H34N2S/c1-51(2)42-28-24-31-13-6-7-16-35(31)48(42)39-25-23-33(29-43(39)51)34-26-27-38(37-18-9-8-17-36(34)37)50-52-44(32-14-4-3-5-15-32)30-45(53-50)40-20-12-22-47-49(40)41-19-10-11-21-46(41)54-47/h3-30H,1-2H3. The van der Waals surface area contributed by atoms with Gasteiger partial charge < -0.3 is 0 Å². The number of fused-ring (bicyclic) bond motifs is 9. The van der Waals surface area contributed by atoms with Crippen molar-refractivity contribution in [1.29, 1.82) is 0 Å². The van der Waals surface area contributed by atoms with Crippen molar-refractivity contribution in [2.75, 3.05) is 0 Å². The molecule has 0 atom stereocenters. The molecular weight excluding hydrogens is 673 g/mol. The minimum Gasteiger partial charge on any atom is -0.228 e. The van der Waals surface area contributed by atoms with Gasteiger partial charge in [-0.25, -0.2) is 9.97 Å². The van der Waals surface area contributed by atoms with Crippen LogP contribution in [0, 0.1) is 0 Å². The number of benzene rings is 8. The zero-order valence-electron chi connectivity index (χ0n) is 30.0. The van der Waals surface area contributed by atoms with Gasteiger partial charge in [-0.2, -0.15) is 0 Å². The van der Waals surface area contributed by atoms with Crippen LogP contribution >= 0.6 is 11.3 Å². The van der Waals surface area contributed by atoms with Crippen molar-refractivity contribution in [3.05, 3.63) is 181 Å². The van der Waals surface area contributed by atoms with E-state index < -0.39 is 0 Å². The predicted molar refractivity (Wildman–Crippen MR) is 229 cm³/mol. The summed E-state index contributed by atoms with van der Waals surface area (Å²) in [4.78, 5) is 10.7. The Labute approximate surface area is 318 Å². The van der Waals surface area contributed by atoms with E-state index in [4.69, 9.17) is 9.97 Å². The lowest BCUT2D eigenvalue weighted by atomic mass is 9.81. The Morgan fingerprint density at radius 3 is 1.94 bits per heavy atom. The van der Waals surface area contributed by atoms with E-state index >= 15 is 0 Å². The number of hydrogen-bond donors (Lipinski definition) is 0. The number of rotatable bonds is 4. The third-order valence-electron chi connectivity index (χ3n) is 11.5. The van der Waals surface area contributed by atoms with Gasteiger partial charge in [-0.1, -0.05) is 153 Å². The fraction of sp³-hybridized carbons (Fsp3) is 0.0588. The molecule has 0 bridgehead atoms. The summed E-state index contributed by atoms with van der Waals surface area (Å²) in [7, 11) is 0. The maximum atomic E-state index is 5.40. The summed E-state index contributed by atoms with van der Waals surface area (Å²) in [5.74, 6) is 0.725. The molecular formula is C51H34N2S. The maximum absolute atomic E-state index is 5.40. The van der Waals surface area contributed by atoms with E-state index in [0.717, 1.165) is 39.3 Å². The van der Waals surface area contributed by atoms with Crippen molar-refractivity contribution in [1.82, 2.24) is 9.97 Å². The van der Waals surface area contributed by atoms with Gasteiger partial charge in [0.05, 0.1) is 11.4 Å². The molecule has 2 heterocycles. The summed E-state index contributed by atoms with van der Waals surface area (Å²) >= 11 is 1.83. The summed E-state index contributed by atoms with van der Waals surface area (Å²) < 4.78 is 2.55. The highest BCUT2D eigenvalue weighted by Crippen LogP contribution is 2.52. The Hall–Kier alpha value is -6.42. The Morgan fingerprint density at radius 2 is 1.09 bits per heavy atom. The molecule has 254 valence electrons. The maximum Gasteiger partial charge on any atom is 0.161 e. The van der Waals surface area contributed by atoms with E-state index in [-0.39, 0.29) is 5.41 Å². The van der Waals surface area contributed by atoms with E-state index in [2.05, 4.69) is 184 Å². The lowest BCUT2D eigenvalue weighted by Gasteiger charge is -2.22. The van der Waals surface area contributed by atoms with Gasteiger partial charge in [-0.05, 0) is 85.3 Å². The highest BCUT2D eigenvalue weighted by atomic mass is 32.1. The second-order valence-corrected chi connectivity index (χ2v) is 16.0. The molecule has 3 heteroatoms. The predicted octanol–water partition coefficient (Wildman–Crippen LogP) is 14.1. The summed E-state index contributed by atoms with van der Waals surface area (Å²) in [5.41, 5.74) is 12.9. The number of thiophene rings is 1. The van der Waals surface area contributed by atoms with Crippen LogP contribution in [-0.4, -0.2) is 9.97 Å². The first-order valence-corrected chi connectivity index (χ1v) is 19.4. The largest absolute Gasteiger partial charge is 0.228 e. The van der Waals surface area contributed by atoms with Gasteiger partial charge in [-0.15, -0.1) is 11.3 Å². The van der Waals surface area contributed by atoms with Crippen LogP contribution in [0.1, 0.15) is 25.0 Å². The van der Waals surface area contributed by atoms with Gasteiger partial charge in [0, 0.05) is 42.3 Å². The molecule has 0 N–H and O–H groups in total. The molecule has 2 aromatic heterocycles. The molecule has 0 saturated carbocycles. The van der Waals surface area contributed by atoms with Gasteiger partial charge in [0.15, 0.2) is 5.82 Å². The van der Waals surface area contributed by atoms with Crippen LogP contribution in [0.25, 0.3) is 97.9 Å². The second kappa shape index (κ2) is 11.8. The summed E-state index contributed by atoms with van der Waals surface area (Å²) in [6.07, 6.45) is 0. The average molecular weight is 707 g/mol. The highest BCUT2D eigenvalue weighted by molar-refractivity contribution is 7.25. The number of hydrogen-bond acceptors (Lipinski definition) is 3. The van der Waals surface area contributed by atoms with Crippen molar-refractivity contribution in [2.45, 2.75) is 19.3 Å². The fourth-order valence-corrected chi connectivity index (χ4v) is 10.0. The second-order valence-electron chi connectivity index (χ2n) is 14.9. The first-order valence-electron chi connectivity index (χ1n) is 18.6. The smallest absolute Gasteiger partial charge is 0.161 e. The third-order valence-corrected chi connectivity index (χ3v) is 12.7. The average Bonchev–Trinajstić information content (AvgIpc) is 3.72. The molecule has 0 spiro atoms. The molecule has 2 nitrogen and oxygen atoms in total. The van der Waals surface area contributed by atoms with Gasteiger partial charge >= 0.3 is 0 Å². The molecule has 10 aromatic rings. The van der Waals surface area contributed by atoms with Gasteiger partial charge in [-0.3, -0.25) is 0 Å². The van der Waals surface area contributed by atoms with Crippen molar-refractivity contribution >= 4 is 53.1 Å². The van der Waals surface area contributed by atoms with Crippen LogP contribution in [0.15, 0.2) is 170 Å². The van der Waals surface area contributed by atoms with E-state index in [0.29, 0.717) is 0 Å². The third kappa shape index (κ3) is 4.65. The van der Waals surface area contributed by atoms with Crippen molar-refractivity contribution in [3.8, 4) is 56.2 Å². The Morgan fingerprint density at radius 1 is 0.426 bits per heavy atom. The van der Waals surface area contributed by atoms with E-state index in [1.807, 2.05) is 11.3 Å². The minimum absolute atomic E-state index is 0.112. The Bertz CT molecular complexity index is 3130. The molecule has 0 aliphatic heterocycles. The zero-order valence-corrected chi connectivity index (χ0v) is 30.8. The summed E-state index contributed by atoms with van der Waals surface area (Å²) in [5, 5.41) is 7.45. The number of nitrogens with zero attached hydrogens (tertiary/aromatic N) is 2. The van der Waals surface area contributed by atoms with Crippen LogP contribution in [0.3, 0.4) is 0 Å². The first-order chi connectivity index (χ1) is 26.5. The highest BCUT2D eigenvalue weighted by Gasteiger charge is 2.36. The molecule has 8 aromatic carbocycles. The molecule has 54 heavy (non-hydrogen) atoms. The topological polar surface area (TPSA) is 25.8 Å². The van der Waals surface area contributed by atoms with Gasteiger partial charge in [0.25, 0.3) is 0 Å². The molecule has 0 saturated heterocycles. The van der Waals surface area contributed by atoms with E-state index in [1.54, 1.807) is 0 Å². The normalized spacial score (nSPS) is 13.1. The first kappa shape index (κ1) is 31.1. The quantitative estimate of drug-likeness (QED) is 0.182. The van der Waals surface area contributed by atoms with Crippen molar-refractivity contribution in [2.24, 2.45) is 0 Å². The molecule has 1 aliphatic rings. The van der Waals surface area contributed by atoms with Crippen LogP contribution in [0.4, 0.5) is 0 Å². The molecule has 0 fully saturated rings. The Balaban J connectivity index is 1.10. The Kier molecular flexibility index (Phi) is 6.80. The van der Waals surface area contributed by atoms with E-state index in [9.17, 15) is 0 Å². The summed E-state index contributed by atoms with van der Waals surface area (Å²) in [6, 6.07) is 61.6. The van der Waals surface area contributed by atoms with Crippen molar-refractivity contribution in [3.63, 3.8) is 0 Å². The lowest BCUT2D eigenvalue weighted by Crippen LogP contribution is -2.15. The van der Waals surface area contributed by atoms with Crippen LogP contribution in [0.2, 0.25) is 0 Å². The SMILES string of the molecule is CC1(C)c2cc(-c3ccc(-c4nc(-c5ccccc5)cc(-c5cccc6sc7ccccc7c56)n4)c4ccccc34)ccc2-c2c1ccc1ccccc21. The number of aromatic nitrogens is 2. The zero-order chi connectivity index (χ0) is 36.0. The molecule has 1 aliphatic carbocycles. The van der Waals surface area contributed by atoms with Gasteiger partial charge in [0.2, 0.25) is 0 Å². The van der Waals surface area contributed by atoms with Crippen LogP contribution < -0.4 is 0 Å². The monoisotopic (exact) mass is 706 g/mol. The van der Waals surface area contributed by atoms with Crippen molar-refractivity contribution < 1.29 is 0 Å². The minimum atomic E-state index is -0.112. The fourth-order valence-electron chi connectivity index (χ4n) is 8.87. The molecule has 0 radical (unpaired) electrons. The van der Waals surface area contributed by atoms with Crippen LogP contribution in [-0.2, 0) is 5.41 Å². The van der Waals surface area contributed by atoms with E-state index in [1.165, 1.54) is 69.7 Å². The molecule has 11 rings (SSSR count). The molecule has 0 unspecified atom stereocenters. The summed E-state index contributed by atoms with van der Waals surface area (Å²) in [6.45, 7) is 4.73. The molecule has 0 amide bonds. The lowest BCUT2D eigenvalue weighted by molar-refractivity contribution is 0.661.